The van der Waals surface area contributed by atoms with Crippen LogP contribution in [-0.4, -0.2) is 20.6 Å². The Bertz CT molecular complexity index is 769. The molecule has 0 saturated heterocycles. The van der Waals surface area contributed by atoms with E-state index in [0.29, 0.717) is 29.3 Å². The second-order valence-electron chi connectivity index (χ2n) is 6.04. The van der Waals surface area contributed by atoms with E-state index in [9.17, 15) is 9.59 Å². The molecule has 1 aromatic carbocycles. The number of hydrogen-bond acceptors (Lipinski definition) is 4. The minimum Gasteiger partial charge on any atom is -0.298 e. The summed E-state index contributed by atoms with van der Waals surface area (Å²) in [5.74, 6) is 0.297. The van der Waals surface area contributed by atoms with E-state index in [2.05, 4.69) is 6.92 Å². The SMILES string of the molecule is CCCCn1c(SC2CCCCC2=O)nc2ccccc2c1=O. The zero-order valence-electron chi connectivity index (χ0n) is 13.5. The highest BCUT2D eigenvalue weighted by molar-refractivity contribution is 8.00. The third-order valence-electron chi connectivity index (χ3n) is 4.31. The van der Waals surface area contributed by atoms with E-state index in [1.165, 1.54) is 11.8 Å². The monoisotopic (exact) mass is 330 g/mol. The van der Waals surface area contributed by atoms with Gasteiger partial charge in [-0.25, -0.2) is 4.98 Å². The van der Waals surface area contributed by atoms with Gasteiger partial charge in [0.1, 0.15) is 5.78 Å². The summed E-state index contributed by atoms with van der Waals surface area (Å²) < 4.78 is 1.76. The summed E-state index contributed by atoms with van der Waals surface area (Å²) in [7, 11) is 0. The Hall–Kier alpha value is -1.62. The molecule has 1 saturated carbocycles. The Morgan fingerprint density at radius 1 is 1.26 bits per heavy atom. The van der Waals surface area contributed by atoms with E-state index in [-0.39, 0.29) is 10.8 Å². The third kappa shape index (κ3) is 3.50. The Morgan fingerprint density at radius 3 is 2.87 bits per heavy atom. The van der Waals surface area contributed by atoms with Crippen LogP contribution in [0.1, 0.15) is 45.4 Å². The van der Waals surface area contributed by atoms with E-state index >= 15 is 0 Å². The van der Waals surface area contributed by atoms with Crippen LogP contribution < -0.4 is 5.56 Å². The molecule has 1 unspecified atom stereocenters. The summed E-state index contributed by atoms with van der Waals surface area (Å²) >= 11 is 1.48. The van der Waals surface area contributed by atoms with E-state index in [0.717, 1.165) is 37.6 Å². The zero-order valence-corrected chi connectivity index (χ0v) is 14.3. The van der Waals surface area contributed by atoms with Crippen LogP contribution in [0.4, 0.5) is 0 Å². The maximum Gasteiger partial charge on any atom is 0.262 e. The van der Waals surface area contributed by atoms with Gasteiger partial charge in [0.25, 0.3) is 5.56 Å². The van der Waals surface area contributed by atoms with Crippen LogP contribution in [0.15, 0.2) is 34.2 Å². The summed E-state index contributed by atoms with van der Waals surface area (Å²) in [6.45, 7) is 2.77. The molecule has 1 atom stereocenters. The molecule has 0 aliphatic heterocycles. The maximum atomic E-state index is 12.8. The highest BCUT2D eigenvalue weighted by atomic mass is 32.2. The molecule has 0 radical (unpaired) electrons. The molecule has 1 aliphatic carbocycles. The fraction of sp³-hybridized carbons (Fsp3) is 0.500. The first-order valence-electron chi connectivity index (χ1n) is 8.39. The van der Waals surface area contributed by atoms with Crippen molar-refractivity contribution in [3.8, 4) is 0 Å². The number of hydrogen-bond donors (Lipinski definition) is 0. The standard InChI is InChI=1S/C18H22N2O2S/c1-2-3-12-20-17(22)13-8-4-5-9-14(13)19-18(20)23-16-11-7-6-10-15(16)21/h4-5,8-9,16H,2-3,6-7,10-12H2,1H3. The summed E-state index contributed by atoms with van der Waals surface area (Å²) in [6.07, 6.45) is 5.57. The molecule has 1 aliphatic rings. The van der Waals surface area contributed by atoms with Gasteiger partial charge in [-0.1, -0.05) is 43.7 Å². The summed E-state index contributed by atoms with van der Waals surface area (Å²) in [5.41, 5.74) is 0.728. The molecule has 0 spiro atoms. The summed E-state index contributed by atoms with van der Waals surface area (Å²) in [4.78, 5) is 29.6. The molecule has 4 nitrogen and oxygen atoms in total. The number of carbonyl (C=O) groups excluding carboxylic acids is 1. The van der Waals surface area contributed by atoms with Crippen LogP contribution in [-0.2, 0) is 11.3 Å². The summed E-state index contributed by atoms with van der Waals surface area (Å²) in [6, 6.07) is 7.46. The third-order valence-corrected chi connectivity index (χ3v) is 5.61. The van der Waals surface area contributed by atoms with Crippen molar-refractivity contribution in [2.75, 3.05) is 0 Å². The highest BCUT2D eigenvalue weighted by Gasteiger charge is 2.25. The van der Waals surface area contributed by atoms with Gasteiger partial charge in [-0.3, -0.25) is 14.2 Å². The van der Waals surface area contributed by atoms with Crippen LogP contribution in [0.2, 0.25) is 0 Å². The van der Waals surface area contributed by atoms with Crippen molar-refractivity contribution in [2.45, 2.75) is 62.4 Å². The molecule has 5 heteroatoms. The Balaban J connectivity index is 2.02. The number of Topliss-reactive ketones (excluding diaryl/α,β-unsaturated/α-hetero) is 1. The largest absolute Gasteiger partial charge is 0.298 e. The van der Waals surface area contributed by atoms with Gasteiger partial charge in [-0.05, 0) is 31.4 Å². The molecule has 1 heterocycles. The number of para-hydroxylation sites is 1. The number of thioether (sulfide) groups is 1. The molecule has 122 valence electrons. The number of aromatic nitrogens is 2. The van der Waals surface area contributed by atoms with E-state index < -0.39 is 0 Å². The van der Waals surface area contributed by atoms with Crippen molar-refractivity contribution in [1.29, 1.82) is 0 Å². The first-order chi connectivity index (χ1) is 11.2. The van der Waals surface area contributed by atoms with Gasteiger partial charge in [-0.2, -0.15) is 0 Å². The second-order valence-corrected chi connectivity index (χ2v) is 7.21. The molecule has 23 heavy (non-hydrogen) atoms. The van der Waals surface area contributed by atoms with Crippen LogP contribution in [0.3, 0.4) is 0 Å². The predicted molar refractivity (Wildman–Crippen MR) is 94.0 cm³/mol. The molecular weight excluding hydrogens is 308 g/mol. The number of rotatable bonds is 5. The number of carbonyl (C=O) groups is 1. The van der Waals surface area contributed by atoms with E-state index in [1.807, 2.05) is 24.3 Å². The summed E-state index contributed by atoms with van der Waals surface area (Å²) in [5, 5.41) is 1.30. The lowest BCUT2D eigenvalue weighted by Crippen LogP contribution is -2.27. The van der Waals surface area contributed by atoms with Crippen LogP contribution >= 0.6 is 11.8 Å². The molecule has 0 N–H and O–H groups in total. The lowest BCUT2D eigenvalue weighted by molar-refractivity contribution is -0.119. The van der Waals surface area contributed by atoms with Gasteiger partial charge < -0.3 is 0 Å². The van der Waals surface area contributed by atoms with Crippen molar-refractivity contribution in [2.24, 2.45) is 0 Å². The van der Waals surface area contributed by atoms with Gasteiger partial charge in [0.15, 0.2) is 5.16 Å². The lowest BCUT2D eigenvalue weighted by atomic mass is 9.99. The predicted octanol–water partition coefficient (Wildman–Crippen LogP) is 3.80. The topological polar surface area (TPSA) is 52.0 Å². The lowest BCUT2D eigenvalue weighted by Gasteiger charge is -2.21. The van der Waals surface area contributed by atoms with Crippen molar-refractivity contribution < 1.29 is 4.79 Å². The fourth-order valence-corrected chi connectivity index (χ4v) is 4.19. The smallest absolute Gasteiger partial charge is 0.262 e. The second kappa shape index (κ2) is 7.30. The van der Waals surface area contributed by atoms with Gasteiger partial charge in [-0.15, -0.1) is 0 Å². The Labute approximate surface area is 140 Å². The molecule has 2 aromatic rings. The van der Waals surface area contributed by atoms with Crippen molar-refractivity contribution in [1.82, 2.24) is 9.55 Å². The Morgan fingerprint density at radius 2 is 2.09 bits per heavy atom. The van der Waals surface area contributed by atoms with Gasteiger partial charge >= 0.3 is 0 Å². The maximum absolute atomic E-state index is 12.8. The number of nitrogens with zero attached hydrogens (tertiary/aromatic N) is 2. The highest BCUT2D eigenvalue weighted by Crippen LogP contribution is 2.31. The van der Waals surface area contributed by atoms with Gasteiger partial charge in [0.2, 0.25) is 0 Å². The van der Waals surface area contributed by atoms with Crippen molar-refractivity contribution >= 4 is 28.4 Å². The zero-order chi connectivity index (χ0) is 16.2. The van der Waals surface area contributed by atoms with E-state index in [1.54, 1.807) is 4.57 Å². The molecular formula is C18H22N2O2S. The average Bonchev–Trinajstić information content (AvgIpc) is 2.57. The molecule has 0 amide bonds. The minimum absolute atomic E-state index is 0.00908. The van der Waals surface area contributed by atoms with Crippen LogP contribution in [0, 0.1) is 0 Å². The van der Waals surface area contributed by atoms with Gasteiger partial charge in [0, 0.05) is 13.0 Å². The van der Waals surface area contributed by atoms with Crippen LogP contribution in [0.5, 0.6) is 0 Å². The number of fused-ring (bicyclic) bond motifs is 1. The minimum atomic E-state index is -0.0512. The first kappa shape index (κ1) is 16.2. The normalized spacial score (nSPS) is 18.5. The van der Waals surface area contributed by atoms with Crippen molar-refractivity contribution in [3.63, 3.8) is 0 Å². The van der Waals surface area contributed by atoms with E-state index in [4.69, 9.17) is 4.98 Å². The quantitative estimate of drug-likeness (QED) is 0.783. The number of benzene rings is 1. The molecule has 1 aromatic heterocycles. The van der Waals surface area contributed by atoms with Crippen LogP contribution in [0.25, 0.3) is 10.9 Å². The van der Waals surface area contributed by atoms with Gasteiger partial charge in [0.05, 0.1) is 16.2 Å². The molecule has 0 bridgehead atoms. The fourth-order valence-electron chi connectivity index (χ4n) is 2.95. The number of unbranched alkanes of at least 4 members (excludes halogenated alkanes) is 1. The Kier molecular flexibility index (Phi) is 5.16. The average molecular weight is 330 g/mol. The number of ketones is 1. The first-order valence-corrected chi connectivity index (χ1v) is 9.27. The molecule has 3 rings (SSSR count). The molecule has 1 fully saturated rings. The van der Waals surface area contributed by atoms with Crippen molar-refractivity contribution in [3.05, 3.63) is 34.6 Å².